The molecular formula is C9H13N3. The van der Waals surface area contributed by atoms with Crippen molar-refractivity contribution in [3.05, 3.63) is 18.3 Å². The fourth-order valence-electron chi connectivity index (χ4n) is 1.72. The van der Waals surface area contributed by atoms with Crippen LogP contribution in [0.1, 0.15) is 19.8 Å². The predicted molar refractivity (Wildman–Crippen MR) is 48.1 cm³/mol. The van der Waals surface area contributed by atoms with Crippen molar-refractivity contribution in [3.63, 3.8) is 0 Å². The van der Waals surface area contributed by atoms with Gasteiger partial charge in [0.2, 0.25) is 0 Å². The molecule has 0 amide bonds. The van der Waals surface area contributed by atoms with Gasteiger partial charge in [-0.3, -0.25) is 0 Å². The normalized spacial score (nSPS) is 23.1. The first-order valence-electron chi connectivity index (χ1n) is 4.42. The molecule has 12 heavy (non-hydrogen) atoms. The summed E-state index contributed by atoms with van der Waals surface area (Å²) < 4.78 is 0. The molecule has 0 bridgehead atoms. The summed E-state index contributed by atoms with van der Waals surface area (Å²) in [4.78, 5) is 2.31. The van der Waals surface area contributed by atoms with Crippen molar-refractivity contribution in [2.75, 3.05) is 11.4 Å². The fraction of sp³-hybridized carbons (Fsp3) is 0.556. The summed E-state index contributed by atoms with van der Waals surface area (Å²) in [6.45, 7) is 3.36. The summed E-state index contributed by atoms with van der Waals surface area (Å²) in [6.07, 6.45) is 4.26. The summed E-state index contributed by atoms with van der Waals surface area (Å²) >= 11 is 0. The van der Waals surface area contributed by atoms with E-state index >= 15 is 0 Å². The van der Waals surface area contributed by atoms with Crippen molar-refractivity contribution in [1.29, 1.82) is 0 Å². The van der Waals surface area contributed by atoms with E-state index in [9.17, 15) is 0 Å². The molecule has 1 aliphatic rings. The first kappa shape index (κ1) is 7.53. The summed E-state index contributed by atoms with van der Waals surface area (Å²) in [5, 5.41) is 7.96. The Kier molecular flexibility index (Phi) is 1.94. The van der Waals surface area contributed by atoms with Crippen molar-refractivity contribution >= 4 is 5.82 Å². The Hall–Kier alpha value is -1.12. The minimum Gasteiger partial charge on any atom is -0.352 e. The van der Waals surface area contributed by atoms with Crippen LogP contribution in [0.15, 0.2) is 18.3 Å². The Morgan fingerprint density at radius 3 is 3.08 bits per heavy atom. The molecule has 1 saturated heterocycles. The Balaban J connectivity index is 2.19. The van der Waals surface area contributed by atoms with Crippen LogP contribution in [0.5, 0.6) is 0 Å². The highest BCUT2D eigenvalue weighted by molar-refractivity contribution is 5.38. The topological polar surface area (TPSA) is 29.0 Å². The standard InChI is InChI=1S/C9H13N3/c1-8-4-3-7-12(8)9-5-2-6-10-11-9/h2,5-6,8H,3-4,7H2,1H3/t8-/m0/s1. The van der Waals surface area contributed by atoms with Gasteiger partial charge in [0.15, 0.2) is 5.82 Å². The fourth-order valence-corrected chi connectivity index (χ4v) is 1.72. The Morgan fingerprint density at radius 2 is 2.50 bits per heavy atom. The van der Waals surface area contributed by atoms with E-state index in [1.165, 1.54) is 12.8 Å². The maximum atomic E-state index is 4.09. The van der Waals surface area contributed by atoms with Crippen molar-refractivity contribution < 1.29 is 0 Å². The lowest BCUT2D eigenvalue weighted by atomic mass is 10.2. The Morgan fingerprint density at radius 1 is 1.58 bits per heavy atom. The third-order valence-electron chi connectivity index (χ3n) is 2.41. The molecular weight excluding hydrogens is 150 g/mol. The molecule has 0 radical (unpaired) electrons. The van der Waals surface area contributed by atoms with E-state index < -0.39 is 0 Å². The van der Waals surface area contributed by atoms with Crippen LogP contribution in [0.25, 0.3) is 0 Å². The van der Waals surface area contributed by atoms with Gasteiger partial charge in [-0.05, 0) is 31.9 Å². The second-order valence-corrected chi connectivity index (χ2v) is 3.27. The number of aromatic nitrogens is 2. The third-order valence-corrected chi connectivity index (χ3v) is 2.41. The number of rotatable bonds is 1. The first-order chi connectivity index (χ1) is 5.88. The zero-order valence-electron chi connectivity index (χ0n) is 7.27. The van der Waals surface area contributed by atoms with E-state index in [4.69, 9.17) is 0 Å². The van der Waals surface area contributed by atoms with Crippen LogP contribution in [-0.2, 0) is 0 Å². The van der Waals surface area contributed by atoms with E-state index in [2.05, 4.69) is 22.0 Å². The van der Waals surface area contributed by atoms with E-state index in [0.29, 0.717) is 6.04 Å². The van der Waals surface area contributed by atoms with Gasteiger partial charge in [0.05, 0.1) is 0 Å². The highest BCUT2D eigenvalue weighted by Gasteiger charge is 2.20. The summed E-state index contributed by atoms with van der Waals surface area (Å²) in [6, 6.07) is 4.59. The molecule has 3 heteroatoms. The summed E-state index contributed by atoms with van der Waals surface area (Å²) in [5.74, 6) is 1.02. The van der Waals surface area contributed by atoms with Gasteiger partial charge in [-0.15, -0.1) is 5.10 Å². The van der Waals surface area contributed by atoms with Crippen molar-refractivity contribution in [3.8, 4) is 0 Å². The minimum atomic E-state index is 0.627. The van der Waals surface area contributed by atoms with Gasteiger partial charge in [0.25, 0.3) is 0 Å². The van der Waals surface area contributed by atoms with Crippen LogP contribution in [0.4, 0.5) is 5.82 Å². The van der Waals surface area contributed by atoms with E-state index in [0.717, 1.165) is 12.4 Å². The van der Waals surface area contributed by atoms with Crippen molar-refractivity contribution in [2.24, 2.45) is 0 Å². The van der Waals surface area contributed by atoms with Crippen LogP contribution in [-0.4, -0.2) is 22.8 Å². The molecule has 3 nitrogen and oxygen atoms in total. The van der Waals surface area contributed by atoms with Gasteiger partial charge in [-0.1, -0.05) is 0 Å². The number of anilines is 1. The lowest BCUT2D eigenvalue weighted by Crippen LogP contribution is -2.27. The molecule has 2 rings (SSSR count). The molecule has 0 aromatic carbocycles. The largest absolute Gasteiger partial charge is 0.352 e. The monoisotopic (exact) mass is 163 g/mol. The molecule has 1 aromatic heterocycles. The lowest BCUT2D eigenvalue weighted by Gasteiger charge is -2.21. The minimum absolute atomic E-state index is 0.627. The molecule has 1 atom stereocenters. The van der Waals surface area contributed by atoms with Gasteiger partial charge >= 0.3 is 0 Å². The van der Waals surface area contributed by atoms with Crippen molar-refractivity contribution in [1.82, 2.24) is 10.2 Å². The second-order valence-electron chi connectivity index (χ2n) is 3.27. The van der Waals surface area contributed by atoms with E-state index in [1.807, 2.05) is 12.1 Å². The van der Waals surface area contributed by atoms with Gasteiger partial charge in [0, 0.05) is 18.8 Å². The van der Waals surface area contributed by atoms with Gasteiger partial charge in [0.1, 0.15) is 0 Å². The quantitative estimate of drug-likeness (QED) is 0.627. The van der Waals surface area contributed by atoms with Crippen LogP contribution in [0.3, 0.4) is 0 Å². The maximum Gasteiger partial charge on any atom is 0.151 e. The average Bonchev–Trinajstić information content (AvgIpc) is 2.53. The Labute approximate surface area is 72.4 Å². The molecule has 64 valence electrons. The molecule has 1 aliphatic heterocycles. The molecule has 0 spiro atoms. The zero-order valence-corrected chi connectivity index (χ0v) is 7.27. The molecule has 0 unspecified atom stereocenters. The number of hydrogen-bond acceptors (Lipinski definition) is 3. The molecule has 2 heterocycles. The van der Waals surface area contributed by atoms with Gasteiger partial charge in [-0.25, -0.2) is 0 Å². The molecule has 1 fully saturated rings. The molecule has 1 aromatic rings. The highest BCUT2D eigenvalue weighted by Crippen LogP contribution is 2.21. The van der Waals surface area contributed by atoms with Crippen LogP contribution < -0.4 is 4.90 Å². The molecule has 0 N–H and O–H groups in total. The van der Waals surface area contributed by atoms with Crippen LogP contribution in [0.2, 0.25) is 0 Å². The number of hydrogen-bond donors (Lipinski definition) is 0. The van der Waals surface area contributed by atoms with Crippen LogP contribution >= 0.6 is 0 Å². The van der Waals surface area contributed by atoms with E-state index in [-0.39, 0.29) is 0 Å². The zero-order chi connectivity index (χ0) is 8.39. The highest BCUT2D eigenvalue weighted by atomic mass is 15.3. The molecule has 0 saturated carbocycles. The SMILES string of the molecule is C[C@H]1CCCN1c1cccnn1. The maximum absolute atomic E-state index is 4.09. The van der Waals surface area contributed by atoms with Crippen LogP contribution in [0, 0.1) is 0 Å². The predicted octanol–water partition coefficient (Wildman–Crippen LogP) is 1.47. The third kappa shape index (κ3) is 1.26. The van der Waals surface area contributed by atoms with Gasteiger partial charge < -0.3 is 4.90 Å². The molecule has 0 aliphatic carbocycles. The Bertz CT molecular complexity index is 247. The first-order valence-corrected chi connectivity index (χ1v) is 4.42. The smallest absolute Gasteiger partial charge is 0.151 e. The van der Waals surface area contributed by atoms with Gasteiger partial charge in [-0.2, -0.15) is 5.10 Å². The number of nitrogens with zero attached hydrogens (tertiary/aromatic N) is 3. The summed E-state index contributed by atoms with van der Waals surface area (Å²) in [5.41, 5.74) is 0. The van der Waals surface area contributed by atoms with Crippen molar-refractivity contribution in [2.45, 2.75) is 25.8 Å². The average molecular weight is 163 g/mol. The summed E-state index contributed by atoms with van der Waals surface area (Å²) in [7, 11) is 0. The van der Waals surface area contributed by atoms with E-state index in [1.54, 1.807) is 6.20 Å². The lowest BCUT2D eigenvalue weighted by molar-refractivity contribution is 0.721. The second kappa shape index (κ2) is 3.09.